The monoisotopic (exact) mass is 733 g/mol. The molecule has 3 aromatic rings. The summed E-state index contributed by atoms with van der Waals surface area (Å²) in [5.74, 6) is -4.02. The molecule has 1 heterocycles. The quantitative estimate of drug-likeness (QED) is 0.118. The van der Waals surface area contributed by atoms with E-state index < -0.39 is 71.6 Å². The van der Waals surface area contributed by atoms with Crippen molar-refractivity contribution in [2.45, 2.75) is 84.2 Å². The largest absolute Gasteiger partial charge is 0.481 e. The first kappa shape index (κ1) is 41.9. The van der Waals surface area contributed by atoms with Gasteiger partial charge in [0.1, 0.15) is 12.1 Å². The van der Waals surface area contributed by atoms with Gasteiger partial charge in [-0.1, -0.05) is 81.4 Å². The lowest BCUT2D eigenvalue weighted by molar-refractivity contribution is -0.145. The summed E-state index contributed by atoms with van der Waals surface area (Å²) in [4.78, 5) is 68.3. The second-order valence-electron chi connectivity index (χ2n) is 13.8. The summed E-state index contributed by atoms with van der Waals surface area (Å²) < 4.78 is 9.67. The van der Waals surface area contributed by atoms with Crippen LogP contribution in [-0.2, 0) is 36.7 Å². The van der Waals surface area contributed by atoms with Crippen molar-refractivity contribution in [2.24, 2.45) is 11.3 Å². The molecule has 1 aromatic heterocycles. The number of amides is 4. The van der Waals surface area contributed by atoms with Crippen molar-refractivity contribution in [2.75, 3.05) is 13.7 Å². The Morgan fingerprint density at radius 2 is 1.43 bits per heavy atom. The Balaban J connectivity index is 1.97. The van der Waals surface area contributed by atoms with Crippen molar-refractivity contribution >= 4 is 30.0 Å². The summed E-state index contributed by atoms with van der Waals surface area (Å²) in [7, 11) is 1.09. The highest BCUT2D eigenvalue weighted by atomic mass is 16.5. The third kappa shape index (κ3) is 13.2. The molecule has 0 aliphatic heterocycles. The Bertz CT molecular complexity index is 1650. The zero-order valence-electron chi connectivity index (χ0n) is 31.0. The lowest BCUT2D eigenvalue weighted by atomic mass is 9.85. The fourth-order valence-corrected chi connectivity index (χ4v) is 5.70. The number of rotatable bonds is 17. The van der Waals surface area contributed by atoms with Gasteiger partial charge >= 0.3 is 18.2 Å². The molecule has 0 fully saturated rings. The molecule has 0 saturated heterocycles. The first-order valence-electron chi connectivity index (χ1n) is 17.5. The van der Waals surface area contributed by atoms with E-state index in [0.717, 1.165) is 29.5 Å². The van der Waals surface area contributed by atoms with Crippen LogP contribution in [-0.4, -0.2) is 89.2 Å². The minimum atomic E-state index is -1.53. The predicted octanol–water partition coefficient (Wildman–Crippen LogP) is 3.86. The van der Waals surface area contributed by atoms with E-state index in [-0.39, 0.29) is 25.9 Å². The Morgan fingerprint density at radius 3 is 2.00 bits per heavy atom. The Kier molecular flexibility index (Phi) is 15.8. The highest BCUT2D eigenvalue weighted by Crippen LogP contribution is 2.22. The first-order chi connectivity index (χ1) is 25.1. The maximum Gasteiger partial charge on any atom is 0.407 e. The average molecular weight is 734 g/mol. The number of aliphatic hydroxyl groups excluding tert-OH is 1. The smallest absolute Gasteiger partial charge is 0.407 e. The number of ether oxygens (including phenoxy) is 2. The number of carboxylic acid groups (broad SMARTS) is 1. The number of aliphatic hydroxyl groups is 1. The molecule has 1 unspecified atom stereocenters. The summed E-state index contributed by atoms with van der Waals surface area (Å²) in [6, 6.07) is 18.0. The molecule has 0 aliphatic rings. The van der Waals surface area contributed by atoms with Crippen LogP contribution in [0, 0.1) is 11.3 Å². The summed E-state index contributed by atoms with van der Waals surface area (Å²) in [5.41, 5.74) is 2.54. The SMILES string of the molecule is CCOC(=O)N[C@H](C(=O)N[C@@H](Cc1ccc(-c2ccccn2)cc1)C[C@H](O)[C@H](Cc1ccccc1)NC(=O)[C@@H](NC(=O)OC)C(C)C(=O)O)C(C)(C)C. The molecule has 14 heteroatoms. The molecule has 6 N–H and O–H groups in total. The van der Waals surface area contributed by atoms with Gasteiger partial charge in [0.05, 0.1) is 37.5 Å². The number of methoxy groups -OCH3 is 1. The summed E-state index contributed by atoms with van der Waals surface area (Å²) in [6.45, 7) is 8.43. The van der Waals surface area contributed by atoms with E-state index in [2.05, 4.69) is 31.0 Å². The van der Waals surface area contributed by atoms with Gasteiger partial charge in [-0.15, -0.1) is 0 Å². The van der Waals surface area contributed by atoms with Gasteiger partial charge in [0.2, 0.25) is 11.8 Å². The number of nitrogens with zero attached hydrogens (tertiary/aromatic N) is 1. The van der Waals surface area contributed by atoms with E-state index in [1.165, 1.54) is 6.92 Å². The van der Waals surface area contributed by atoms with Crippen molar-refractivity contribution in [1.82, 2.24) is 26.3 Å². The molecule has 3 rings (SSSR count). The summed E-state index contributed by atoms with van der Waals surface area (Å²) in [6.07, 6.45) is -1.01. The Hall–Kier alpha value is -5.50. The number of carbonyl (C=O) groups excluding carboxylic acids is 4. The van der Waals surface area contributed by atoms with Crippen LogP contribution in [0.3, 0.4) is 0 Å². The average Bonchev–Trinajstić information content (AvgIpc) is 3.12. The standard InChI is InChI=1S/C39H51N5O9/c1-7-53-38(51)44-33(39(3,4)5)35(47)41-28(21-26-16-18-27(19-17-26)29-15-11-12-20-40-29)23-31(45)30(22-25-13-9-8-10-14-25)42-34(46)32(24(2)36(48)49)43-37(50)52-6/h8-20,24,28,30-33,45H,7,21-23H2,1-6H3,(H,41,47)(H,42,46)(H,43,50)(H,44,51)(H,48,49)/t24?,28-,30-,31-,32-,33+/m0/s1. The van der Waals surface area contributed by atoms with Crippen LogP contribution in [0.4, 0.5) is 9.59 Å². The number of nitrogens with one attached hydrogen (secondary N) is 4. The number of carboxylic acids is 1. The molecular formula is C39H51N5O9. The minimum absolute atomic E-state index is 0.0641. The molecule has 0 spiro atoms. The number of alkyl carbamates (subject to hydrolysis) is 2. The molecule has 14 nitrogen and oxygen atoms in total. The normalized spacial score (nSPS) is 14.6. The van der Waals surface area contributed by atoms with Gasteiger partial charge in [-0.05, 0) is 61.8 Å². The number of aromatic nitrogens is 1. The molecule has 0 radical (unpaired) electrons. The van der Waals surface area contributed by atoms with E-state index in [4.69, 9.17) is 4.74 Å². The molecule has 0 aliphatic carbocycles. The van der Waals surface area contributed by atoms with E-state index in [1.54, 1.807) is 46.0 Å². The number of aliphatic carboxylic acids is 1. The van der Waals surface area contributed by atoms with E-state index in [0.29, 0.717) is 0 Å². The van der Waals surface area contributed by atoms with Crippen molar-refractivity contribution in [3.05, 3.63) is 90.1 Å². The molecule has 0 saturated carbocycles. The van der Waals surface area contributed by atoms with E-state index >= 15 is 0 Å². The molecule has 0 bridgehead atoms. The van der Waals surface area contributed by atoms with Crippen molar-refractivity contribution in [3.63, 3.8) is 0 Å². The maximum absolute atomic E-state index is 13.9. The highest BCUT2D eigenvalue weighted by Gasteiger charge is 2.37. The maximum atomic E-state index is 13.9. The molecule has 53 heavy (non-hydrogen) atoms. The first-order valence-corrected chi connectivity index (χ1v) is 17.5. The van der Waals surface area contributed by atoms with E-state index in [9.17, 15) is 34.2 Å². The van der Waals surface area contributed by atoms with Gasteiger partial charge in [0.15, 0.2) is 0 Å². The van der Waals surface area contributed by atoms with Gasteiger partial charge < -0.3 is 41.0 Å². The summed E-state index contributed by atoms with van der Waals surface area (Å²) in [5, 5.41) is 32.2. The number of benzene rings is 2. The van der Waals surface area contributed by atoms with E-state index in [1.807, 2.05) is 60.7 Å². The molecule has 286 valence electrons. The third-order valence-electron chi connectivity index (χ3n) is 8.66. The molecule has 2 aromatic carbocycles. The van der Waals surface area contributed by atoms with Crippen LogP contribution in [0.15, 0.2) is 79.0 Å². The van der Waals surface area contributed by atoms with Gasteiger partial charge in [0.25, 0.3) is 0 Å². The van der Waals surface area contributed by atoms with Gasteiger partial charge in [-0.2, -0.15) is 0 Å². The van der Waals surface area contributed by atoms with Crippen LogP contribution in [0.1, 0.15) is 52.2 Å². The zero-order valence-corrected chi connectivity index (χ0v) is 31.0. The topological polar surface area (TPSA) is 205 Å². The Morgan fingerprint density at radius 1 is 0.792 bits per heavy atom. The van der Waals surface area contributed by atoms with Gasteiger partial charge in [-0.3, -0.25) is 19.4 Å². The number of pyridine rings is 1. The third-order valence-corrected chi connectivity index (χ3v) is 8.66. The lowest BCUT2D eigenvalue weighted by Crippen LogP contribution is -2.58. The van der Waals surface area contributed by atoms with Crippen LogP contribution >= 0.6 is 0 Å². The number of carbonyl (C=O) groups is 5. The molecular weight excluding hydrogens is 682 g/mol. The molecule has 6 atom stereocenters. The second-order valence-corrected chi connectivity index (χ2v) is 13.8. The molecule has 4 amide bonds. The van der Waals surface area contributed by atoms with Crippen LogP contribution in [0.2, 0.25) is 0 Å². The van der Waals surface area contributed by atoms with Crippen molar-refractivity contribution < 1.29 is 43.7 Å². The van der Waals surface area contributed by atoms with Gasteiger partial charge in [-0.25, -0.2) is 9.59 Å². The highest BCUT2D eigenvalue weighted by molar-refractivity contribution is 5.90. The van der Waals surface area contributed by atoms with Crippen molar-refractivity contribution in [1.29, 1.82) is 0 Å². The fraction of sp³-hybridized carbons (Fsp3) is 0.436. The van der Waals surface area contributed by atoms with Crippen LogP contribution in [0.5, 0.6) is 0 Å². The lowest BCUT2D eigenvalue weighted by Gasteiger charge is -2.33. The van der Waals surface area contributed by atoms with Gasteiger partial charge in [0, 0.05) is 17.8 Å². The van der Waals surface area contributed by atoms with Crippen LogP contribution in [0.25, 0.3) is 11.3 Å². The summed E-state index contributed by atoms with van der Waals surface area (Å²) >= 11 is 0. The number of hydrogen-bond acceptors (Lipinski definition) is 9. The number of hydrogen-bond donors (Lipinski definition) is 6. The van der Waals surface area contributed by atoms with Crippen LogP contribution < -0.4 is 21.3 Å². The second kappa shape index (κ2) is 19.9. The minimum Gasteiger partial charge on any atom is -0.481 e. The Labute approximate surface area is 310 Å². The fourth-order valence-electron chi connectivity index (χ4n) is 5.70. The predicted molar refractivity (Wildman–Crippen MR) is 198 cm³/mol. The zero-order chi connectivity index (χ0) is 39.1. The van der Waals surface area contributed by atoms with Crippen molar-refractivity contribution in [3.8, 4) is 11.3 Å².